The lowest BCUT2D eigenvalue weighted by Crippen LogP contribution is -2.32. The summed E-state index contributed by atoms with van der Waals surface area (Å²) in [6.07, 6.45) is 1.84. The lowest BCUT2D eigenvalue weighted by molar-refractivity contribution is -0.123. The summed E-state index contributed by atoms with van der Waals surface area (Å²) in [6.45, 7) is 4.52. The van der Waals surface area contributed by atoms with Crippen LogP contribution in [0.2, 0.25) is 0 Å². The van der Waals surface area contributed by atoms with Crippen molar-refractivity contribution < 1.29 is 14.3 Å². The first-order chi connectivity index (χ1) is 14.0. The molecule has 3 aromatic rings. The van der Waals surface area contributed by atoms with Crippen molar-refractivity contribution in [3.8, 4) is 5.75 Å². The second-order valence-corrected chi connectivity index (χ2v) is 8.06. The number of imide groups is 1. The van der Waals surface area contributed by atoms with Gasteiger partial charge in [0.25, 0.3) is 11.1 Å². The maximum Gasteiger partial charge on any atom is 0.293 e. The van der Waals surface area contributed by atoms with Crippen LogP contribution in [0.3, 0.4) is 0 Å². The van der Waals surface area contributed by atoms with E-state index >= 15 is 0 Å². The summed E-state index contributed by atoms with van der Waals surface area (Å²) in [4.78, 5) is 26.9. The molecule has 1 saturated heterocycles. The molecule has 1 aliphatic heterocycles. The molecule has 6 heteroatoms. The van der Waals surface area contributed by atoms with E-state index in [0.717, 1.165) is 45.2 Å². The summed E-state index contributed by atoms with van der Waals surface area (Å²) in [7, 11) is 2.00. The molecule has 0 bridgehead atoms. The fourth-order valence-electron chi connectivity index (χ4n) is 3.45. The number of carbonyl (C=O) groups is 2. The first-order valence-corrected chi connectivity index (χ1v) is 10.3. The Morgan fingerprint density at radius 3 is 2.52 bits per heavy atom. The smallest absolute Gasteiger partial charge is 0.293 e. The van der Waals surface area contributed by atoms with Gasteiger partial charge < -0.3 is 9.30 Å². The van der Waals surface area contributed by atoms with E-state index in [1.54, 1.807) is 0 Å². The molecule has 0 unspecified atom stereocenters. The van der Waals surface area contributed by atoms with Crippen molar-refractivity contribution in [3.05, 3.63) is 70.3 Å². The number of fused-ring (bicyclic) bond motifs is 1. The monoisotopic (exact) mass is 406 g/mol. The zero-order valence-corrected chi connectivity index (χ0v) is 17.5. The number of aryl methyl sites for hydroxylation is 2. The van der Waals surface area contributed by atoms with Crippen LogP contribution in [-0.4, -0.2) is 33.8 Å². The standard InChI is InChI=1S/C23H22N2O3S/c1-15-8-10-17(11-9-15)28-13-12-25-22(26)21(29-23(25)27)14-19-16(2)24(3)20-7-5-4-6-18(19)20/h4-11,14H,12-13H2,1-3H3/b21-14-. The second kappa shape index (κ2) is 7.79. The fourth-order valence-corrected chi connectivity index (χ4v) is 4.29. The largest absolute Gasteiger partial charge is 0.492 e. The van der Waals surface area contributed by atoms with E-state index in [9.17, 15) is 9.59 Å². The van der Waals surface area contributed by atoms with Crippen molar-refractivity contribution in [1.29, 1.82) is 0 Å². The molecule has 29 heavy (non-hydrogen) atoms. The van der Waals surface area contributed by atoms with Crippen molar-refractivity contribution in [3.63, 3.8) is 0 Å². The number of nitrogens with zero attached hydrogens (tertiary/aromatic N) is 2. The molecular formula is C23H22N2O3S. The lowest BCUT2D eigenvalue weighted by atomic mass is 10.1. The average Bonchev–Trinajstić information content (AvgIpc) is 3.12. The number of hydrogen-bond donors (Lipinski definition) is 0. The highest BCUT2D eigenvalue weighted by Crippen LogP contribution is 2.35. The second-order valence-electron chi connectivity index (χ2n) is 7.07. The van der Waals surface area contributed by atoms with Crippen LogP contribution >= 0.6 is 11.8 Å². The summed E-state index contributed by atoms with van der Waals surface area (Å²) >= 11 is 0.985. The van der Waals surface area contributed by atoms with Crippen molar-refractivity contribution in [1.82, 2.24) is 9.47 Å². The van der Waals surface area contributed by atoms with Crippen LogP contribution in [0.4, 0.5) is 4.79 Å². The molecule has 0 radical (unpaired) electrons. The van der Waals surface area contributed by atoms with E-state index in [4.69, 9.17) is 4.74 Å². The number of benzene rings is 2. The Morgan fingerprint density at radius 1 is 1.03 bits per heavy atom. The van der Waals surface area contributed by atoms with Crippen molar-refractivity contribution >= 4 is 39.9 Å². The van der Waals surface area contributed by atoms with Gasteiger partial charge in [0.2, 0.25) is 0 Å². The SMILES string of the molecule is Cc1ccc(OCCN2C(=O)S/C(=C\c3c(C)n(C)c4ccccc34)C2=O)cc1. The van der Waals surface area contributed by atoms with Crippen LogP contribution in [0.5, 0.6) is 5.75 Å². The van der Waals surface area contributed by atoms with Gasteiger partial charge in [-0.3, -0.25) is 14.5 Å². The molecule has 0 saturated carbocycles. The van der Waals surface area contributed by atoms with Gasteiger partial charge >= 0.3 is 0 Å². The first-order valence-electron chi connectivity index (χ1n) is 9.44. The van der Waals surface area contributed by atoms with Gasteiger partial charge in [-0.05, 0) is 49.9 Å². The highest BCUT2D eigenvalue weighted by molar-refractivity contribution is 8.18. The molecule has 1 aromatic heterocycles. The number of aromatic nitrogens is 1. The van der Waals surface area contributed by atoms with Gasteiger partial charge in [-0.15, -0.1) is 0 Å². The molecule has 5 nitrogen and oxygen atoms in total. The minimum Gasteiger partial charge on any atom is -0.492 e. The molecule has 2 aromatic carbocycles. The minimum absolute atomic E-state index is 0.227. The number of hydrogen-bond acceptors (Lipinski definition) is 4. The Balaban J connectivity index is 1.51. The summed E-state index contributed by atoms with van der Waals surface area (Å²) in [6, 6.07) is 15.7. The van der Waals surface area contributed by atoms with Gasteiger partial charge in [0.05, 0.1) is 11.4 Å². The zero-order chi connectivity index (χ0) is 20.5. The Labute approximate surface area is 173 Å². The van der Waals surface area contributed by atoms with E-state index in [-0.39, 0.29) is 24.3 Å². The molecule has 0 atom stereocenters. The quantitative estimate of drug-likeness (QED) is 0.565. The lowest BCUT2D eigenvalue weighted by Gasteiger charge is -2.13. The summed E-state index contributed by atoms with van der Waals surface area (Å²) in [5.41, 5.74) is 4.28. The van der Waals surface area contributed by atoms with E-state index in [2.05, 4.69) is 4.57 Å². The van der Waals surface area contributed by atoms with Crippen molar-refractivity contribution in [2.45, 2.75) is 13.8 Å². The third-order valence-electron chi connectivity index (χ3n) is 5.20. The van der Waals surface area contributed by atoms with E-state index < -0.39 is 0 Å². The van der Waals surface area contributed by atoms with Gasteiger partial charge in [-0.2, -0.15) is 0 Å². The molecule has 0 aliphatic carbocycles. The minimum atomic E-state index is -0.264. The molecule has 2 amide bonds. The predicted molar refractivity (Wildman–Crippen MR) is 117 cm³/mol. The van der Waals surface area contributed by atoms with Crippen molar-refractivity contribution in [2.75, 3.05) is 13.2 Å². The van der Waals surface area contributed by atoms with Crippen LogP contribution in [0.1, 0.15) is 16.8 Å². The van der Waals surface area contributed by atoms with Gasteiger partial charge in [0.15, 0.2) is 0 Å². The summed E-state index contributed by atoms with van der Waals surface area (Å²) in [5.74, 6) is 0.462. The average molecular weight is 407 g/mol. The maximum absolute atomic E-state index is 12.8. The third-order valence-corrected chi connectivity index (χ3v) is 6.11. The van der Waals surface area contributed by atoms with Crippen molar-refractivity contribution in [2.24, 2.45) is 7.05 Å². The van der Waals surface area contributed by atoms with Gasteiger partial charge in [0, 0.05) is 29.2 Å². The van der Waals surface area contributed by atoms with Gasteiger partial charge in [-0.1, -0.05) is 35.9 Å². The molecule has 148 valence electrons. The van der Waals surface area contributed by atoms with Gasteiger partial charge in [0.1, 0.15) is 12.4 Å². The van der Waals surface area contributed by atoms with E-state index in [0.29, 0.717) is 4.91 Å². The molecular weight excluding hydrogens is 384 g/mol. The van der Waals surface area contributed by atoms with Crippen LogP contribution < -0.4 is 4.74 Å². The normalized spacial score (nSPS) is 15.7. The van der Waals surface area contributed by atoms with E-state index in [1.807, 2.05) is 75.5 Å². The maximum atomic E-state index is 12.8. The Morgan fingerprint density at radius 2 is 1.76 bits per heavy atom. The van der Waals surface area contributed by atoms with Gasteiger partial charge in [-0.25, -0.2) is 0 Å². The number of carbonyl (C=O) groups excluding carboxylic acids is 2. The Bertz CT molecular complexity index is 1130. The number of para-hydroxylation sites is 1. The van der Waals surface area contributed by atoms with Crippen LogP contribution in [-0.2, 0) is 11.8 Å². The summed E-state index contributed by atoms with van der Waals surface area (Å²) in [5, 5.41) is 0.814. The Kier molecular flexibility index (Phi) is 5.20. The van der Waals surface area contributed by atoms with Crippen LogP contribution in [0, 0.1) is 13.8 Å². The highest BCUT2D eigenvalue weighted by Gasteiger charge is 2.35. The Hall–Kier alpha value is -2.99. The third kappa shape index (κ3) is 3.68. The first kappa shape index (κ1) is 19.3. The predicted octanol–water partition coefficient (Wildman–Crippen LogP) is 4.91. The highest BCUT2D eigenvalue weighted by atomic mass is 32.2. The van der Waals surface area contributed by atoms with Crippen LogP contribution in [0.25, 0.3) is 17.0 Å². The molecule has 4 rings (SSSR count). The van der Waals surface area contributed by atoms with E-state index in [1.165, 1.54) is 4.90 Å². The molecule has 0 N–H and O–H groups in total. The molecule has 0 spiro atoms. The zero-order valence-electron chi connectivity index (χ0n) is 16.6. The molecule has 2 heterocycles. The topological polar surface area (TPSA) is 51.5 Å². The van der Waals surface area contributed by atoms with Crippen LogP contribution in [0.15, 0.2) is 53.4 Å². The number of ether oxygens (including phenoxy) is 1. The number of rotatable bonds is 5. The number of amides is 2. The number of thioether (sulfide) groups is 1. The fraction of sp³-hybridized carbons (Fsp3) is 0.217. The molecule has 1 aliphatic rings. The summed E-state index contributed by atoms with van der Waals surface area (Å²) < 4.78 is 7.77. The molecule has 1 fully saturated rings.